The van der Waals surface area contributed by atoms with Gasteiger partial charge in [0.25, 0.3) is 5.92 Å². The van der Waals surface area contributed by atoms with E-state index in [1.165, 1.54) is 0 Å². The van der Waals surface area contributed by atoms with E-state index in [1.807, 2.05) is 7.05 Å². The number of halogens is 2. The van der Waals surface area contributed by atoms with Gasteiger partial charge in [0.05, 0.1) is 0 Å². The standard InChI is InChI=1S/C13H23F2N/c1-10(2)7-11(3)9-16(4)6-5-12(11)8-13(12,14)15/h10H,5-9H2,1-4H3/t11-,12?/m1/s1. The van der Waals surface area contributed by atoms with E-state index in [-0.39, 0.29) is 11.8 Å². The van der Waals surface area contributed by atoms with E-state index in [0.717, 1.165) is 19.5 Å². The van der Waals surface area contributed by atoms with Crippen LogP contribution in [0.3, 0.4) is 0 Å². The molecule has 0 amide bonds. The molecule has 0 aromatic heterocycles. The second-order valence-corrected chi connectivity index (χ2v) is 6.61. The Kier molecular flexibility index (Phi) is 2.62. The quantitative estimate of drug-likeness (QED) is 0.704. The SMILES string of the molecule is CC(C)C[C@]1(C)CN(C)CCC12CC2(F)F. The minimum Gasteiger partial charge on any atom is -0.306 e. The maximum atomic E-state index is 13.7. The molecule has 1 nitrogen and oxygen atoms in total. The largest absolute Gasteiger partial charge is 0.306 e. The summed E-state index contributed by atoms with van der Waals surface area (Å²) >= 11 is 0. The molecular weight excluding hydrogens is 208 g/mol. The molecule has 1 aliphatic carbocycles. The maximum absolute atomic E-state index is 13.7. The van der Waals surface area contributed by atoms with Gasteiger partial charge in [-0.1, -0.05) is 20.8 Å². The van der Waals surface area contributed by atoms with Crippen LogP contribution in [0.4, 0.5) is 8.78 Å². The van der Waals surface area contributed by atoms with Gasteiger partial charge in [-0.2, -0.15) is 0 Å². The predicted molar refractivity (Wildman–Crippen MR) is 61.7 cm³/mol. The number of likely N-dealkylation sites (tertiary alicyclic amines) is 1. The monoisotopic (exact) mass is 231 g/mol. The molecule has 3 heteroatoms. The van der Waals surface area contributed by atoms with E-state index in [0.29, 0.717) is 12.3 Å². The summed E-state index contributed by atoms with van der Waals surface area (Å²) in [6.07, 6.45) is 1.70. The lowest BCUT2D eigenvalue weighted by molar-refractivity contribution is -0.0571. The van der Waals surface area contributed by atoms with Crippen molar-refractivity contribution >= 4 is 0 Å². The predicted octanol–water partition coefficient (Wildman–Crippen LogP) is 3.40. The van der Waals surface area contributed by atoms with E-state index in [9.17, 15) is 8.78 Å². The molecular formula is C13H23F2N. The second-order valence-electron chi connectivity index (χ2n) is 6.61. The third kappa shape index (κ3) is 1.59. The number of rotatable bonds is 2. The minimum absolute atomic E-state index is 0.122. The van der Waals surface area contributed by atoms with Gasteiger partial charge in [-0.3, -0.25) is 0 Å². The molecule has 0 bridgehead atoms. The van der Waals surface area contributed by atoms with Crippen LogP contribution in [0.1, 0.15) is 40.0 Å². The van der Waals surface area contributed by atoms with Gasteiger partial charge in [0.1, 0.15) is 0 Å². The number of alkyl halides is 2. The molecule has 2 atom stereocenters. The zero-order valence-electron chi connectivity index (χ0n) is 10.8. The summed E-state index contributed by atoms with van der Waals surface area (Å²) in [5.41, 5.74) is -0.894. The van der Waals surface area contributed by atoms with Gasteiger partial charge < -0.3 is 4.90 Å². The molecule has 94 valence electrons. The highest BCUT2D eigenvalue weighted by Gasteiger charge is 2.77. The minimum atomic E-state index is -2.40. The molecule has 2 aliphatic rings. The molecule has 0 aromatic carbocycles. The first-order valence-corrected chi connectivity index (χ1v) is 6.29. The molecule has 1 spiro atoms. The van der Waals surface area contributed by atoms with Crippen LogP contribution in [0.5, 0.6) is 0 Å². The third-order valence-electron chi connectivity index (χ3n) is 4.65. The molecule has 2 rings (SSSR count). The molecule has 1 unspecified atom stereocenters. The van der Waals surface area contributed by atoms with Crippen LogP contribution in [0.2, 0.25) is 0 Å². The van der Waals surface area contributed by atoms with Crippen molar-refractivity contribution < 1.29 is 8.78 Å². The second kappa shape index (κ2) is 3.41. The normalized spacial score (nSPS) is 42.9. The molecule has 1 saturated carbocycles. The zero-order chi connectivity index (χ0) is 12.2. The average Bonchev–Trinajstić information content (AvgIpc) is 2.63. The third-order valence-corrected chi connectivity index (χ3v) is 4.65. The van der Waals surface area contributed by atoms with Crippen LogP contribution in [0, 0.1) is 16.7 Å². The zero-order valence-corrected chi connectivity index (χ0v) is 10.8. The fourth-order valence-corrected chi connectivity index (χ4v) is 3.93. The number of hydrogen-bond acceptors (Lipinski definition) is 1. The molecule has 0 N–H and O–H groups in total. The van der Waals surface area contributed by atoms with Crippen LogP contribution >= 0.6 is 0 Å². The fourth-order valence-electron chi connectivity index (χ4n) is 3.93. The highest BCUT2D eigenvalue weighted by Crippen LogP contribution is 2.73. The summed E-state index contributed by atoms with van der Waals surface area (Å²) in [5.74, 6) is -1.91. The molecule has 1 heterocycles. The Morgan fingerprint density at radius 1 is 1.31 bits per heavy atom. The smallest absolute Gasteiger partial charge is 0.255 e. The van der Waals surface area contributed by atoms with Gasteiger partial charge in [-0.05, 0) is 37.8 Å². The number of nitrogens with zero attached hydrogens (tertiary/aromatic N) is 1. The maximum Gasteiger partial charge on any atom is 0.255 e. The van der Waals surface area contributed by atoms with Crippen molar-refractivity contribution in [3.63, 3.8) is 0 Å². The Hall–Kier alpha value is -0.180. The average molecular weight is 231 g/mol. The summed E-state index contributed by atoms with van der Waals surface area (Å²) in [5, 5.41) is 0. The Labute approximate surface area is 97.2 Å². The molecule has 0 aromatic rings. The van der Waals surface area contributed by atoms with E-state index in [1.54, 1.807) is 0 Å². The van der Waals surface area contributed by atoms with Crippen molar-refractivity contribution in [3.8, 4) is 0 Å². The van der Waals surface area contributed by atoms with E-state index >= 15 is 0 Å². The van der Waals surface area contributed by atoms with Gasteiger partial charge in [0, 0.05) is 18.4 Å². The van der Waals surface area contributed by atoms with Crippen molar-refractivity contribution in [1.29, 1.82) is 0 Å². The highest BCUT2D eigenvalue weighted by molar-refractivity contribution is 5.20. The van der Waals surface area contributed by atoms with Crippen molar-refractivity contribution in [1.82, 2.24) is 4.90 Å². The number of piperidine rings is 1. The topological polar surface area (TPSA) is 3.24 Å². The highest BCUT2D eigenvalue weighted by atomic mass is 19.3. The first-order chi connectivity index (χ1) is 7.22. The van der Waals surface area contributed by atoms with Crippen LogP contribution in [-0.4, -0.2) is 31.0 Å². The van der Waals surface area contributed by atoms with E-state index in [4.69, 9.17) is 0 Å². The Bertz CT molecular complexity index is 286. The van der Waals surface area contributed by atoms with Crippen molar-refractivity contribution in [2.24, 2.45) is 16.7 Å². The summed E-state index contributed by atoms with van der Waals surface area (Å²) in [6, 6.07) is 0. The van der Waals surface area contributed by atoms with Gasteiger partial charge in [-0.15, -0.1) is 0 Å². The van der Waals surface area contributed by atoms with Gasteiger partial charge in [0.2, 0.25) is 0 Å². The first kappa shape index (κ1) is 12.3. The molecule has 16 heavy (non-hydrogen) atoms. The van der Waals surface area contributed by atoms with Crippen molar-refractivity contribution in [2.45, 2.75) is 46.0 Å². The van der Waals surface area contributed by atoms with Crippen LogP contribution in [0.15, 0.2) is 0 Å². The van der Waals surface area contributed by atoms with Crippen LogP contribution < -0.4 is 0 Å². The van der Waals surface area contributed by atoms with Gasteiger partial charge in [0.15, 0.2) is 0 Å². The Morgan fingerprint density at radius 2 is 1.88 bits per heavy atom. The van der Waals surface area contributed by atoms with Crippen molar-refractivity contribution in [3.05, 3.63) is 0 Å². The van der Waals surface area contributed by atoms with Crippen molar-refractivity contribution in [2.75, 3.05) is 20.1 Å². The van der Waals surface area contributed by atoms with Gasteiger partial charge >= 0.3 is 0 Å². The summed E-state index contributed by atoms with van der Waals surface area (Å²) < 4.78 is 27.5. The Morgan fingerprint density at radius 3 is 2.31 bits per heavy atom. The molecule has 2 fully saturated rings. The number of hydrogen-bond donors (Lipinski definition) is 0. The molecule has 0 radical (unpaired) electrons. The lowest BCUT2D eigenvalue weighted by Gasteiger charge is -2.47. The fraction of sp³-hybridized carbons (Fsp3) is 1.00. The van der Waals surface area contributed by atoms with E-state index in [2.05, 4.69) is 25.7 Å². The van der Waals surface area contributed by atoms with Gasteiger partial charge in [-0.25, -0.2) is 8.78 Å². The van der Waals surface area contributed by atoms with E-state index < -0.39 is 11.3 Å². The molecule has 1 aliphatic heterocycles. The lowest BCUT2D eigenvalue weighted by atomic mass is 9.65. The lowest BCUT2D eigenvalue weighted by Crippen LogP contribution is -2.49. The van der Waals surface area contributed by atoms with Crippen LogP contribution in [-0.2, 0) is 0 Å². The summed E-state index contributed by atoms with van der Waals surface area (Å²) in [6.45, 7) is 7.98. The van der Waals surface area contributed by atoms with Crippen LogP contribution in [0.25, 0.3) is 0 Å². The Balaban J connectivity index is 2.24. The molecule has 1 saturated heterocycles. The summed E-state index contributed by atoms with van der Waals surface area (Å²) in [4.78, 5) is 2.21. The summed E-state index contributed by atoms with van der Waals surface area (Å²) in [7, 11) is 2.05. The first-order valence-electron chi connectivity index (χ1n) is 6.29.